The molecule has 0 aromatic heterocycles. The van der Waals surface area contributed by atoms with Crippen LogP contribution in [0.4, 0.5) is 0 Å². The molecular weight excluding hydrogens is 214 g/mol. The highest BCUT2D eigenvalue weighted by atomic mass is 16.2. The first-order valence-corrected chi connectivity index (χ1v) is 6.17. The van der Waals surface area contributed by atoms with Crippen molar-refractivity contribution in [2.45, 2.75) is 53.6 Å². The average Bonchev–Trinajstić information content (AvgIpc) is 2.22. The predicted octanol–water partition coefficient (Wildman–Crippen LogP) is 1.77. The summed E-state index contributed by atoms with van der Waals surface area (Å²) in [5, 5.41) is 11.6. The fourth-order valence-corrected chi connectivity index (χ4v) is 1.68. The van der Waals surface area contributed by atoms with E-state index in [-0.39, 0.29) is 5.91 Å². The Hall–Kier alpha value is -1.08. The Morgan fingerprint density at radius 1 is 1.29 bits per heavy atom. The minimum atomic E-state index is -0.944. The van der Waals surface area contributed by atoms with Crippen LogP contribution in [0.5, 0.6) is 0 Å². The first-order chi connectivity index (χ1) is 7.72. The van der Waals surface area contributed by atoms with Crippen molar-refractivity contribution in [1.29, 1.82) is 5.26 Å². The van der Waals surface area contributed by atoms with Crippen LogP contribution < -0.4 is 5.32 Å². The van der Waals surface area contributed by atoms with Crippen molar-refractivity contribution in [2.24, 2.45) is 5.41 Å². The molecule has 0 atom stereocenters. The third-order valence-corrected chi connectivity index (χ3v) is 2.83. The molecule has 17 heavy (non-hydrogen) atoms. The summed E-state index contributed by atoms with van der Waals surface area (Å²) in [6, 6.07) is 2.91. The van der Waals surface area contributed by atoms with Crippen LogP contribution >= 0.6 is 0 Å². The highest BCUT2D eigenvalue weighted by Crippen LogP contribution is 2.12. The zero-order chi connectivity index (χ0) is 13.6. The Morgan fingerprint density at radius 2 is 1.76 bits per heavy atom. The van der Waals surface area contributed by atoms with E-state index in [9.17, 15) is 4.79 Å². The van der Waals surface area contributed by atoms with Crippen LogP contribution in [0.3, 0.4) is 0 Å². The van der Waals surface area contributed by atoms with E-state index in [1.807, 2.05) is 6.07 Å². The molecule has 0 saturated carbocycles. The summed E-state index contributed by atoms with van der Waals surface area (Å²) < 4.78 is 0. The van der Waals surface area contributed by atoms with Crippen molar-refractivity contribution in [3.63, 3.8) is 0 Å². The number of hydrogen-bond donors (Lipinski definition) is 1. The number of carbonyl (C=O) groups excluding carboxylic acids is 1. The van der Waals surface area contributed by atoms with Crippen LogP contribution in [-0.4, -0.2) is 36.0 Å². The summed E-state index contributed by atoms with van der Waals surface area (Å²) in [6.07, 6.45) is 0. The summed E-state index contributed by atoms with van der Waals surface area (Å²) in [6.45, 7) is 13.2. The Bertz CT molecular complexity index is 282. The molecule has 0 unspecified atom stereocenters. The van der Waals surface area contributed by atoms with E-state index in [0.717, 1.165) is 6.54 Å². The van der Waals surface area contributed by atoms with Crippen molar-refractivity contribution in [1.82, 2.24) is 10.2 Å². The molecule has 0 aliphatic carbocycles. The van der Waals surface area contributed by atoms with Gasteiger partial charge in [-0.3, -0.25) is 9.69 Å². The highest BCUT2D eigenvalue weighted by molar-refractivity contribution is 5.84. The minimum absolute atomic E-state index is 0.201. The van der Waals surface area contributed by atoms with Gasteiger partial charge in [0, 0.05) is 25.2 Å². The number of amides is 1. The molecule has 0 fully saturated rings. The molecule has 0 aromatic rings. The number of nitriles is 1. The first kappa shape index (κ1) is 15.9. The maximum Gasteiger partial charge on any atom is 0.239 e. The molecule has 0 aliphatic heterocycles. The van der Waals surface area contributed by atoms with E-state index in [1.54, 1.807) is 13.8 Å². The van der Waals surface area contributed by atoms with Gasteiger partial charge in [-0.1, -0.05) is 0 Å². The lowest BCUT2D eigenvalue weighted by Crippen LogP contribution is -2.44. The van der Waals surface area contributed by atoms with Crippen molar-refractivity contribution < 1.29 is 4.79 Å². The Kier molecular flexibility index (Phi) is 6.19. The summed E-state index contributed by atoms with van der Waals surface area (Å²) in [4.78, 5) is 14.0. The molecule has 1 N–H and O–H groups in total. The smallest absolute Gasteiger partial charge is 0.239 e. The average molecular weight is 239 g/mol. The second-order valence-corrected chi connectivity index (χ2v) is 5.42. The van der Waals surface area contributed by atoms with Crippen molar-refractivity contribution >= 4 is 5.91 Å². The molecule has 0 heterocycles. The van der Waals surface area contributed by atoms with Gasteiger partial charge >= 0.3 is 0 Å². The van der Waals surface area contributed by atoms with E-state index in [4.69, 9.17) is 5.26 Å². The van der Waals surface area contributed by atoms with Gasteiger partial charge < -0.3 is 5.32 Å². The van der Waals surface area contributed by atoms with Crippen molar-refractivity contribution in [3.05, 3.63) is 0 Å². The maximum absolute atomic E-state index is 11.7. The van der Waals surface area contributed by atoms with Crippen molar-refractivity contribution in [2.75, 3.05) is 13.1 Å². The zero-order valence-corrected chi connectivity index (χ0v) is 11.9. The number of hydrogen-bond acceptors (Lipinski definition) is 3. The lowest BCUT2D eigenvalue weighted by atomic mass is 9.95. The highest BCUT2D eigenvalue weighted by Gasteiger charge is 2.26. The largest absolute Gasteiger partial charge is 0.353 e. The van der Waals surface area contributed by atoms with Crippen LogP contribution in [0, 0.1) is 16.7 Å². The predicted molar refractivity (Wildman–Crippen MR) is 69.4 cm³/mol. The Morgan fingerprint density at radius 3 is 2.12 bits per heavy atom. The zero-order valence-electron chi connectivity index (χ0n) is 11.9. The van der Waals surface area contributed by atoms with Crippen LogP contribution in [0.1, 0.15) is 41.5 Å². The molecule has 1 amide bonds. The van der Waals surface area contributed by atoms with Gasteiger partial charge in [0.05, 0.1) is 6.07 Å². The number of rotatable bonds is 6. The van der Waals surface area contributed by atoms with Gasteiger partial charge in [0.25, 0.3) is 0 Å². The van der Waals surface area contributed by atoms with E-state index in [1.165, 1.54) is 0 Å². The molecule has 0 saturated heterocycles. The SMILES string of the molecule is CC(C)N(CCNC(=O)C(C)(C)C#N)C(C)C. The molecule has 0 aromatic carbocycles. The lowest BCUT2D eigenvalue weighted by molar-refractivity contribution is -0.126. The van der Waals surface area contributed by atoms with Gasteiger partial charge in [-0.05, 0) is 41.5 Å². The summed E-state index contributed by atoms with van der Waals surface area (Å²) in [5.74, 6) is -0.201. The van der Waals surface area contributed by atoms with Gasteiger partial charge in [-0.15, -0.1) is 0 Å². The van der Waals surface area contributed by atoms with Crippen LogP contribution in [-0.2, 0) is 4.79 Å². The second-order valence-electron chi connectivity index (χ2n) is 5.42. The van der Waals surface area contributed by atoms with Gasteiger partial charge in [0.15, 0.2) is 0 Å². The standard InChI is InChI=1S/C13H25N3O/c1-10(2)16(11(3)4)8-7-15-12(17)13(5,6)9-14/h10-11H,7-8H2,1-6H3,(H,15,17). The summed E-state index contributed by atoms with van der Waals surface area (Å²) in [7, 11) is 0. The molecule has 0 rings (SSSR count). The van der Waals surface area contributed by atoms with Crippen LogP contribution in [0.25, 0.3) is 0 Å². The van der Waals surface area contributed by atoms with Gasteiger partial charge in [0.2, 0.25) is 5.91 Å². The van der Waals surface area contributed by atoms with E-state index in [0.29, 0.717) is 18.6 Å². The summed E-state index contributed by atoms with van der Waals surface area (Å²) >= 11 is 0. The van der Waals surface area contributed by atoms with E-state index < -0.39 is 5.41 Å². The molecule has 0 aliphatic rings. The van der Waals surface area contributed by atoms with Crippen molar-refractivity contribution in [3.8, 4) is 6.07 Å². The molecule has 0 radical (unpaired) electrons. The van der Waals surface area contributed by atoms with Gasteiger partial charge in [-0.2, -0.15) is 5.26 Å². The maximum atomic E-state index is 11.7. The number of nitrogens with one attached hydrogen (secondary N) is 1. The van der Waals surface area contributed by atoms with Crippen LogP contribution in [0.15, 0.2) is 0 Å². The minimum Gasteiger partial charge on any atom is -0.353 e. The molecule has 4 nitrogen and oxygen atoms in total. The second kappa shape index (κ2) is 6.61. The Balaban J connectivity index is 4.16. The van der Waals surface area contributed by atoms with Crippen LogP contribution in [0.2, 0.25) is 0 Å². The third kappa shape index (κ3) is 5.18. The normalized spacial score (nSPS) is 12.0. The molecule has 0 spiro atoms. The third-order valence-electron chi connectivity index (χ3n) is 2.83. The fourth-order valence-electron chi connectivity index (χ4n) is 1.68. The van der Waals surface area contributed by atoms with E-state index in [2.05, 4.69) is 37.9 Å². The van der Waals surface area contributed by atoms with Gasteiger partial charge in [0.1, 0.15) is 5.41 Å². The fraction of sp³-hybridized carbons (Fsp3) is 0.846. The summed E-state index contributed by atoms with van der Waals surface area (Å²) in [5.41, 5.74) is -0.944. The lowest BCUT2D eigenvalue weighted by Gasteiger charge is -2.30. The number of nitrogens with zero attached hydrogens (tertiary/aromatic N) is 2. The molecule has 4 heteroatoms. The van der Waals surface area contributed by atoms with Gasteiger partial charge in [-0.25, -0.2) is 0 Å². The topological polar surface area (TPSA) is 56.1 Å². The monoisotopic (exact) mass is 239 g/mol. The van der Waals surface area contributed by atoms with E-state index >= 15 is 0 Å². The molecule has 0 bridgehead atoms. The quantitative estimate of drug-likeness (QED) is 0.768. The first-order valence-electron chi connectivity index (χ1n) is 6.17. The molecular formula is C13H25N3O. The number of carbonyl (C=O) groups is 1. The molecule has 98 valence electrons. The Labute approximate surface area is 105 Å².